The van der Waals surface area contributed by atoms with Gasteiger partial charge in [-0.2, -0.15) is 0 Å². The third-order valence-electron chi connectivity index (χ3n) is 5.05. The van der Waals surface area contributed by atoms with Gasteiger partial charge in [0.1, 0.15) is 11.9 Å². The number of benzene rings is 1. The lowest BCUT2D eigenvalue weighted by Gasteiger charge is -2.32. The summed E-state index contributed by atoms with van der Waals surface area (Å²) in [5.41, 5.74) is 2.07. The van der Waals surface area contributed by atoms with Crippen LogP contribution in [0.1, 0.15) is 24.0 Å². The molecule has 0 amide bonds. The molecule has 2 aliphatic heterocycles. The minimum atomic E-state index is -0.183. The minimum Gasteiger partial charge on any atom is -0.374 e. The highest BCUT2D eigenvalue weighted by Gasteiger charge is 2.44. The standard InChI is InChI=1S/C20H23FN2O2/c21-17-6-1-4-15(10-17)12-23-13-19(20-18(23)7-3-9-24-20)25-14-16-5-2-8-22-11-16/h1-2,4-6,8,10-11,18-20H,3,7,9,12-14H2/t18-,19+,20+/m0/s1. The van der Waals surface area contributed by atoms with Gasteiger partial charge in [-0.1, -0.05) is 18.2 Å². The van der Waals surface area contributed by atoms with Crippen molar-refractivity contribution in [2.45, 2.75) is 44.2 Å². The van der Waals surface area contributed by atoms with Gasteiger partial charge in [0, 0.05) is 38.1 Å². The maximum Gasteiger partial charge on any atom is 0.123 e. The zero-order chi connectivity index (χ0) is 17.1. The molecule has 0 unspecified atom stereocenters. The zero-order valence-electron chi connectivity index (χ0n) is 14.2. The van der Waals surface area contributed by atoms with Crippen molar-refractivity contribution in [1.29, 1.82) is 0 Å². The van der Waals surface area contributed by atoms with Crippen molar-refractivity contribution in [2.75, 3.05) is 13.2 Å². The van der Waals surface area contributed by atoms with Gasteiger partial charge in [-0.3, -0.25) is 9.88 Å². The number of pyridine rings is 1. The summed E-state index contributed by atoms with van der Waals surface area (Å²) in [5.74, 6) is -0.183. The fourth-order valence-corrected chi connectivity index (χ4v) is 3.89. The Morgan fingerprint density at radius 2 is 2.16 bits per heavy atom. The Hall–Kier alpha value is -1.82. The average molecular weight is 342 g/mol. The van der Waals surface area contributed by atoms with Gasteiger partial charge in [0.2, 0.25) is 0 Å². The molecule has 0 spiro atoms. The predicted octanol–water partition coefficient (Wildman–Crippen LogP) is 3.17. The van der Waals surface area contributed by atoms with Crippen molar-refractivity contribution in [3.05, 3.63) is 65.7 Å². The van der Waals surface area contributed by atoms with E-state index in [4.69, 9.17) is 9.47 Å². The molecular weight excluding hydrogens is 319 g/mol. The summed E-state index contributed by atoms with van der Waals surface area (Å²) in [5, 5.41) is 0. The van der Waals surface area contributed by atoms with E-state index in [9.17, 15) is 4.39 Å². The summed E-state index contributed by atoms with van der Waals surface area (Å²) in [6.45, 7) is 2.88. The van der Waals surface area contributed by atoms with Gasteiger partial charge in [-0.25, -0.2) is 4.39 Å². The van der Waals surface area contributed by atoms with Crippen molar-refractivity contribution in [2.24, 2.45) is 0 Å². The SMILES string of the molecule is Fc1cccc(CN2C[C@@H](OCc3cccnc3)[C@@H]3OCCC[C@@H]32)c1. The smallest absolute Gasteiger partial charge is 0.123 e. The monoisotopic (exact) mass is 342 g/mol. The van der Waals surface area contributed by atoms with Crippen molar-refractivity contribution >= 4 is 0 Å². The molecule has 132 valence electrons. The third kappa shape index (κ3) is 3.89. The van der Waals surface area contributed by atoms with E-state index in [1.54, 1.807) is 18.3 Å². The van der Waals surface area contributed by atoms with Crippen LogP contribution in [0.4, 0.5) is 4.39 Å². The van der Waals surface area contributed by atoms with Gasteiger partial charge in [0.05, 0.1) is 12.7 Å². The second-order valence-electron chi connectivity index (χ2n) is 6.82. The van der Waals surface area contributed by atoms with E-state index >= 15 is 0 Å². The van der Waals surface area contributed by atoms with E-state index in [-0.39, 0.29) is 18.0 Å². The van der Waals surface area contributed by atoms with Gasteiger partial charge in [-0.05, 0) is 42.2 Å². The van der Waals surface area contributed by atoms with E-state index < -0.39 is 0 Å². The molecule has 1 aromatic carbocycles. The zero-order valence-corrected chi connectivity index (χ0v) is 14.2. The lowest BCUT2D eigenvalue weighted by Crippen LogP contribution is -2.41. The number of aromatic nitrogens is 1. The molecule has 1 aromatic heterocycles. The van der Waals surface area contributed by atoms with Gasteiger partial charge >= 0.3 is 0 Å². The van der Waals surface area contributed by atoms with E-state index in [2.05, 4.69) is 9.88 Å². The van der Waals surface area contributed by atoms with Crippen molar-refractivity contribution in [1.82, 2.24) is 9.88 Å². The Kier molecular flexibility index (Phi) is 5.06. The molecule has 25 heavy (non-hydrogen) atoms. The van der Waals surface area contributed by atoms with Crippen LogP contribution < -0.4 is 0 Å². The Morgan fingerprint density at radius 1 is 1.24 bits per heavy atom. The number of ether oxygens (including phenoxy) is 2. The fourth-order valence-electron chi connectivity index (χ4n) is 3.89. The van der Waals surface area contributed by atoms with E-state index in [0.29, 0.717) is 12.6 Å². The normalized spacial score (nSPS) is 26.5. The number of nitrogens with zero attached hydrogens (tertiary/aromatic N) is 2. The maximum absolute atomic E-state index is 13.5. The number of fused-ring (bicyclic) bond motifs is 1. The van der Waals surface area contributed by atoms with Crippen LogP contribution in [0.25, 0.3) is 0 Å². The maximum atomic E-state index is 13.5. The molecule has 0 radical (unpaired) electrons. The molecule has 3 atom stereocenters. The summed E-state index contributed by atoms with van der Waals surface area (Å²) in [7, 11) is 0. The average Bonchev–Trinajstić information content (AvgIpc) is 2.99. The minimum absolute atomic E-state index is 0.0408. The lowest BCUT2D eigenvalue weighted by molar-refractivity contribution is -0.0819. The molecule has 2 saturated heterocycles. The second-order valence-corrected chi connectivity index (χ2v) is 6.82. The Balaban J connectivity index is 1.44. The molecular formula is C20H23FN2O2. The van der Waals surface area contributed by atoms with Crippen LogP contribution in [0.5, 0.6) is 0 Å². The Bertz CT molecular complexity index is 697. The molecule has 2 fully saturated rings. The largest absolute Gasteiger partial charge is 0.374 e. The molecule has 4 rings (SSSR count). The van der Waals surface area contributed by atoms with Gasteiger partial charge in [-0.15, -0.1) is 0 Å². The van der Waals surface area contributed by atoms with Gasteiger partial charge < -0.3 is 9.47 Å². The summed E-state index contributed by atoms with van der Waals surface area (Å²) >= 11 is 0. The second kappa shape index (κ2) is 7.60. The molecule has 0 aliphatic carbocycles. The molecule has 3 heterocycles. The molecule has 0 N–H and O–H groups in total. The molecule has 2 aliphatic rings. The lowest BCUT2D eigenvalue weighted by atomic mass is 10.0. The highest BCUT2D eigenvalue weighted by atomic mass is 19.1. The van der Waals surface area contributed by atoms with E-state index in [1.165, 1.54) is 6.07 Å². The van der Waals surface area contributed by atoms with Gasteiger partial charge in [0.15, 0.2) is 0 Å². The van der Waals surface area contributed by atoms with Crippen molar-refractivity contribution in [3.8, 4) is 0 Å². The topological polar surface area (TPSA) is 34.6 Å². The summed E-state index contributed by atoms with van der Waals surface area (Å²) < 4.78 is 25.7. The van der Waals surface area contributed by atoms with Crippen molar-refractivity contribution < 1.29 is 13.9 Å². The molecule has 2 aromatic rings. The number of hydrogen-bond donors (Lipinski definition) is 0. The number of hydrogen-bond acceptors (Lipinski definition) is 4. The van der Waals surface area contributed by atoms with Crippen LogP contribution in [-0.4, -0.2) is 41.3 Å². The highest BCUT2D eigenvalue weighted by molar-refractivity contribution is 5.17. The molecule has 5 heteroatoms. The highest BCUT2D eigenvalue weighted by Crippen LogP contribution is 2.32. The van der Waals surface area contributed by atoms with E-state index in [1.807, 2.05) is 24.4 Å². The van der Waals surface area contributed by atoms with Gasteiger partial charge in [0.25, 0.3) is 0 Å². The molecule has 0 saturated carbocycles. The molecule has 4 nitrogen and oxygen atoms in total. The summed E-state index contributed by atoms with van der Waals surface area (Å²) in [4.78, 5) is 6.51. The van der Waals surface area contributed by atoms with Crippen LogP contribution in [0.15, 0.2) is 48.8 Å². The first-order valence-corrected chi connectivity index (χ1v) is 8.90. The first kappa shape index (κ1) is 16.6. The quantitative estimate of drug-likeness (QED) is 0.836. The third-order valence-corrected chi connectivity index (χ3v) is 5.05. The summed E-state index contributed by atoms with van der Waals surface area (Å²) in [6.07, 6.45) is 5.90. The van der Waals surface area contributed by atoms with E-state index in [0.717, 1.165) is 43.7 Å². The van der Waals surface area contributed by atoms with Crippen LogP contribution in [-0.2, 0) is 22.6 Å². The van der Waals surface area contributed by atoms with Crippen molar-refractivity contribution in [3.63, 3.8) is 0 Å². The Morgan fingerprint density at radius 3 is 3.00 bits per heavy atom. The first-order valence-electron chi connectivity index (χ1n) is 8.90. The number of halogens is 1. The first-order chi connectivity index (χ1) is 12.3. The van der Waals surface area contributed by atoms with Crippen LogP contribution in [0, 0.1) is 5.82 Å². The predicted molar refractivity (Wildman–Crippen MR) is 92.4 cm³/mol. The van der Waals surface area contributed by atoms with Crippen LogP contribution in [0.3, 0.4) is 0 Å². The number of likely N-dealkylation sites (tertiary alicyclic amines) is 1. The Labute approximate surface area is 147 Å². The van der Waals surface area contributed by atoms with Crippen LogP contribution in [0.2, 0.25) is 0 Å². The molecule has 0 bridgehead atoms. The fraction of sp³-hybridized carbons (Fsp3) is 0.450. The van der Waals surface area contributed by atoms with Crippen LogP contribution >= 0.6 is 0 Å². The summed E-state index contributed by atoms with van der Waals surface area (Å²) in [6, 6.07) is 11.1. The number of rotatable bonds is 5.